The van der Waals surface area contributed by atoms with Gasteiger partial charge in [0.05, 0.1) is 0 Å². The van der Waals surface area contributed by atoms with E-state index in [4.69, 9.17) is 11.5 Å². The number of hydrogen-bond donors (Lipinski definition) is 2. The van der Waals surface area contributed by atoms with E-state index in [9.17, 15) is 9.59 Å². The topological polar surface area (TPSA) is 86.2 Å². The molecular weight excluding hydrogens is 192 g/mol. The summed E-state index contributed by atoms with van der Waals surface area (Å²) in [7, 11) is 0. The molecule has 0 aromatic heterocycles. The van der Waals surface area contributed by atoms with Gasteiger partial charge in [0.25, 0.3) is 0 Å². The quantitative estimate of drug-likeness (QED) is 0.680. The Bertz CT molecular complexity index is 359. The van der Waals surface area contributed by atoms with Gasteiger partial charge in [-0.25, -0.2) is 0 Å². The summed E-state index contributed by atoms with van der Waals surface area (Å²) in [5.41, 5.74) is 10.0. The van der Waals surface area contributed by atoms with Crippen LogP contribution in [0.4, 0.5) is 0 Å². The third-order valence-electron chi connectivity index (χ3n) is 2.39. The summed E-state index contributed by atoms with van der Waals surface area (Å²) in [5.74, 6) is -1.21. The fourth-order valence-corrected chi connectivity index (χ4v) is 1.30. The second-order valence-electron chi connectivity index (χ2n) is 3.55. The van der Waals surface area contributed by atoms with E-state index in [2.05, 4.69) is 0 Å². The molecule has 0 fully saturated rings. The Morgan fingerprint density at radius 2 is 1.80 bits per heavy atom. The molecule has 0 saturated carbocycles. The van der Waals surface area contributed by atoms with Crippen molar-refractivity contribution in [2.45, 2.75) is 18.9 Å². The molecule has 1 atom stereocenters. The number of amides is 1. The first-order chi connectivity index (χ1) is 6.97. The van der Waals surface area contributed by atoms with Crippen molar-refractivity contribution in [3.05, 3.63) is 35.9 Å². The van der Waals surface area contributed by atoms with Gasteiger partial charge in [-0.2, -0.15) is 0 Å². The maximum absolute atomic E-state index is 11.3. The highest BCUT2D eigenvalue weighted by Gasteiger charge is 2.37. The minimum Gasteiger partial charge on any atom is -0.368 e. The largest absolute Gasteiger partial charge is 0.368 e. The van der Waals surface area contributed by atoms with Crippen molar-refractivity contribution >= 4 is 11.7 Å². The van der Waals surface area contributed by atoms with Crippen molar-refractivity contribution in [1.29, 1.82) is 0 Å². The van der Waals surface area contributed by atoms with Crippen LogP contribution in [-0.4, -0.2) is 17.2 Å². The molecule has 4 heteroatoms. The average Bonchev–Trinajstić information content (AvgIpc) is 2.18. The number of Topliss-reactive ketones (excluding diaryl/α,β-unsaturated/α-hetero) is 1. The van der Waals surface area contributed by atoms with E-state index in [-0.39, 0.29) is 6.42 Å². The van der Waals surface area contributed by atoms with Gasteiger partial charge in [-0.05, 0) is 12.5 Å². The third kappa shape index (κ3) is 2.41. The average molecular weight is 206 g/mol. The molecule has 80 valence electrons. The predicted molar refractivity (Wildman–Crippen MR) is 56.9 cm³/mol. The number of ketones is 1. The first-order valence-electron chi connectivity index (χ1n) is 4.60. The highest BCUT2D eigenvalue weighted by Crippen LogP contribution is 2.11. The Labute approximate surface area is 88.3 Å². The van der Waals surface area contributed by atoms with Crippen LogP contribution in [0.5, 0.6) is 0 Å². The minimum absolute atomic E-state index is 0.137. The van der Waals surface area contributed by atoms with Gasteiger partial charge in [-0.1, -0.05) is 30.3 Å². The molecule has 1 rings (SSSR count). The molecule has 1 aromatic carbocycles. The molecular formula is C11H14N2O2. The first-order valence-corrected chi connectivity index (χ1v) is 4.60. The molecule has 15 heavy (non-hydrogen) atoms. The van der Waals surface area contributed by atoms with Gasteiger partial charge in [0.1, 0.15) is 0 Å². The van der Waals surface area contributed by atoms with Crippen molar-refractivity contribution in [1.82, 2.24) is 0 Å². The van der Waals surface area contributed by atoms with Crippen LogP contribution in [0.15, 0.2) is 30.3 Å². The lowest BCUT2D eigenvalue weighted by Gasteiger charge is -2.22. The molecule has 1 amide bonds. The first kappa shape index (κ1) is 11.4. The fraction of sp³-hybridized carbons (Fsp3) is 0.273. The summed E-state index contributed by atoms with van der Waals surface area (Å²) in [5, 5.41) is 0. The zero-order valence-corrected chi connectivity index (χ0v) is 8.57. The molecule has 0 aliphatic rings. The predicted octanol–water partition coefficient (Wildman–Crippen LogP) is 0.000900. The molecule has 0 unspecified atom stereocenters. The molecule has 1 aromatic rings. The summed E-state index contributed by atoms with van der Waals surface area (Å²) in [6, 6.07) is 9.08. The molecule has 0 aliphatic carbocycles. The molecule has 0 aliphatic heterocycles. The molecule has 0 heterocycles. The Morgan fingerprint density at radius 3 is 2.20 bits per heavy atom. The van der Waals surface area contributed by atoms with E-state index >= 15 is 0 Å². The zero-order valence-electron chi connectivity index (χ0n) is 8.57. The maximum Gasteiger partial charge on any atom is 0.245 e. The SMILES string of the molecule is CC(=O)[C@](N)(Cc1ccccc1)C(N)=O. The smallest absolute Gasteiger partial charge is 0.245 e. The van der Waals surface area contributed by atoms with Crippen molar-refractivity contribution in [2.75, 3.05) is 0 Å². The second kappa shape index (κ2) is 4.23. The number of primary amides is 1. The third-order valence-corrected chi connectivity index (χ3v) is 2.39. The van der Waals surface area contributed by atoms with Gasteiger partial charge in [0.15, 0.2) is 11.3 Å². The van der Waals surface area contributed by atoms with Gasteiger partial charge >= 0.3 is 0 Å². The van der Waals surface area contributed by atoms with E-state index in [0.29, 0.717) is 0 Å². The number of benzene rings is 1. The Morgan fingerprint density at radius 1 is 1.27 bits per heavy atom. The lowest BCUT2D eigenvalue weighted by molar-refractivity contribution is -0.132. The number of hydrogen-bond acceptors (Lipinski definition) is 3. The van der Waals surface area contributed by atoms with E-state index in [1.54, 1.807) is 12.1 Å². The van der Waals surface area contributed by atoms with E-state index in [1.165, 1.54) is 6.92 Å². The van der Waals surface area contributed by atoms with Crippen LogP contribution in [0, 0.1) is 0 Å². The lowest BCUT2D eigenvalue weighted by atomic mass is 9.87. The number of carbonyl (C=O) groups is 2. The summed E-state index contributed by atoms with van der Waals surface area (Å²) in [6.45, 7) is 1.27. The van der Waals surface area contributed by atoms with Gasteiger partial charge in [0, 0.05) is 6.42 Å². The van der Waals surface area contributed by atoms with Crippen LogP contribution in [0.1, 0.15) is 12.5 Å². The number of carbonyl (C=O) groups excluding carboxylic acids is 2. The second-order valence-corrected chi connectivity index (χ2v) is 3.55. The van der Waals surface area contributed by atoms with Gasteiger partial charge in [-0.15, -0.1) is 0 Å². The van der Waals surface area contributed by atoms with Crippen molar-refractivity contribution in [2.24, 2.45) is 11.5 Å². The van der Waals surface area contributed by atoms with Gasteiger partial charge in [-0.3, -0.25) is 9.59 Å². The molecule has 0 saturated heterocycles. The molecule has 0 spiro atoms. The van der Waals surface area contributed by atoms with Crippen molar-refractivity contribution in [3.8, 4) is 0 Å². The van der Waals surface area contributed by atoms with Crippen molar-refractivity contribution in [3.63, 3.8) is 0 Å². The van der Waals surface area contributed by atoms with E-state index < -0.39 is 17.2 Å². The fourth-order valence-electron chi connectivity index (χ4n) is 1.30. The summed E-state index contributed by atoms with van der Waals surface area (Å²) < 4.78 is 0. The zero-order chi connectivity index (χ0) is 11.5. The summed E-state index contributed by atoms with van der Waals surface area (Å²) in [6.07, 6.45) is 0.137. The van der Waals surface area contributed by atoms with Crippen molar-refractivity contribution < 1.29 is 9.59 Å². The molecule has 0 radical (unpaired) electrons. The summed E-state index contributed by atoms with van der Waals surface area (Å²) in [4.78, 5) is 22.4. The van der Waals surface area contributed by atoms with Gasteiger partial charge in [0.2, 0.25) is 5.91 Å². The standard InChI is InChI=1S/C11H14N2O2/c1-8(14)11(13,10(12)15)7-9-5-3-2-4-6-9/h2-6H,7,13H2,1H3,(H2,12,15)/t11-/m1/s1. The van der Waals surface area contributed by atoms with E-state index in [1.807, 2.05) is 18.2 Å². The number of rotatable bonds is 4. The van der Waals surface area contributed by atoms with Gasteiger partial charge < -0.3 is 11.5 Å². The Balaban J connectivity index is 2.95. The Hall–Kier alpha value is -1.68. The van der Waals surface area contributed by atoms with Crippen LogP contribution >= 0.6 is 0 Å². The van der Waals surface area contributed by atoms with Crippen LogP contribution in [0.25, 0.3) is 0 Å². The normalized spacial score (nSPS) is 14.3. The molecule has 0 bridgehead atoms. The number of nitrogens with two attached hydrogens (primary N) is 2. The Kier molecular flexibility index (Phi) is 3.21. The molecule has 4 nitrogen and oxygen atoms in total. The lowest BCUT2D eigenvalue weighted by Crippen LogP contribution is -2.58. The highest BCUT2D eigenvalue weighted by molar-refractivity contribution is 6.09. The maximum atomic E-state index is 11.3. The van der Waals surface area contributed by atoms with Crippen LogP contribution in [0.2, 0.25) is 0 Å². The van der Waals surface area contributed by atoms with Crippen LogP contribution < -0.4 is 11.5 Å². The van der Waals surface area contributed by atoms with Crippen LogP contribution in [0.3, 0.4) is 0 Å². The van der Waals surface area contributed by atoms with Crippen LogP contribution in [-0.2, 0) is 16.0 Å². The minimum atomic E-state index is -1.60. The summed E-state index contributed by atoms with van der Waals surface area (Å²) >= 11 is 0. The monoisotopic (exact) mass is 206 g/mol. The van der Waals surface area contributed by atoms with E-state index in [0.717, 1.165) is 5.56 Å². The molecule has 4 N–H and O–H groups in total. The highest BCUT2D eigenvalue weighted by atomic mass is 16.2.